The van der Waals surface area contributed by atoms with Crippen LogP contribution in [-0.2, 0) is 13.5 Å². The summed E-state index contributed by atoms with van der Waals surface area (Å²) in [4.78, 5) is 0. The number of hydrogen-bond donors (Lipinski definition) is 1. The summed E-state index contributed by atoms with van der Waals surface area (Å²) in [5, 5.41) is 8.85. The van der Waals surface area contributed by atoms with Gasteiger partial charge < -0.3 is 14.5 Å². The molecule has 3 aromatic rings. The van der Waals surface area contributed by atoms with Crippen molar-refractivity contribution in [2.75, 3.05) is 13.7 Å². The van der Waals surface area contributed by atoms with Gasteiger partial charge in [0.15, 0.2) is 11.3 Å². The van der Waals surface area contributed by atoms with E-state index in [2.05, 4.69) is 30.3 Å². The van der Waals surface area contributed by atoms with Crippen molar-refractivity contribution in [1.29, 1.82) is 0 Å². The Bertz CT molecular complexity index is 804. The third kappa shape index (κ3) is 3.10. The van der Waals surface area contributed by atoms with E-state index in [1.54, 1.807) is 7.11 Å². The third-order valence-corrected chi connectivity index (χ3v) is 4.36. The van der Waals surface area contributed by atoms with Crippen LogP contribution in [0.3, 0.4) is 0 Å². The van der Waals surface area contributed by atoms with Crippen LogP contribution in [0, 0.1) is 6.92 Å². The van der Waals surface area contributed by atoms with Crippen LogP contribution in [0.1, 0.15) is 30.0 Å². The topological polar surface area (TPSA) is 52.2 Å². The van der Waals surface area contributed by atoms with Crippen LogP contribution in [-0.4, -0.2) is 23.4 Å². The first-order valence-electron chi connectivity index (χ1n) is 7.87. The van der Waals surface area contributed by atoms with Crippen molar-refractivity contribution in [3.63, 3.8) is 0 Å². The molecule has 0 saturated carbocycles. The van der Waals surface area contributed by atoms with Crippen molar-refractivity contribution in [2.45, 2.75) is 26.3 Å². The molecule has 5 nitrogen and oxygen atoms in total. The lowest BCUT2D eigenvalue weighted by Crippen LogP contribution is -2.21. The normalized spacial score (nSPS) is 12.7. The van der Waals surface area contributed by atoms with E-state index in [9.17, 15) is 0 Å². The molecule has 0 aliphatic heterocycles. The van der Waals surface area contributed by atoms with E-state index in [-0.39, 0.29) is 6.04 Å². The van der Waals surface area contributed by atoms with Gasteiger partial charge in [0, 0.05) is 18.1 Å². The summed E-state index contributed by atoms with van der Waals surface area (Å²) in [5.74, 6) is 1.69. The lowest BCUT2D eigenvalue weighted by atomic mass is 10.1. The SMILES string of the molecule is COc1cccc2cc([C@@H](C)NCCc3cnn(C)c3C)oc12. The van der Waals surface area contributed by atoms with Gasteiger partial charge in [0.05, 0.1) is 19.3 Å². The Hall–Kier alpha value is -2.27. The van der Waals surface area contributed by atoms with Crippen LogP contribution in [0.25, 0.3) is 11.0 Å². The molecule has 1 atom stereocenters. The molecule has 0 radical (unpaired) electrons. The van der Waals surface area contributed by atoms with Crippen molar-refractivity contribution in [3.05, 3.63) is 47.5 Å². The van der Waals surface area contributed by atoms with Gasteiger partial charge in [-0.3, -0.25) is 4.68 Å². The summed E-state index contributed by atoms with van der Waals surface area (Å²) in [6, 6.07) is 8.15. The maximum atomic E-state index is 5.98. The van der Waals surface area contributed by atoms with Gasteiger partial charge in [0.1, 0.15) is 5.76 Å². The van der Waals surface area contributed by atoms with Gasteiger partial charge >= 0.3 is 0 Å². The molecular weight excluding hydrogens is 290 g/mol. The number of nitrogens with zero attached hydrogens (tertiary/aromatic N) is 2. The third-order valence-electron chi connectivity index (χ3n) is 4.36. The van der Waals surface area contributed by atoms with Gasteiger partial charge in [-0.2, -0.15) is 5.10 Å². The fourth-order valence-corrected chi connectivity index (χ4v) is 2.74. The number of rotatable bonds is 6. The summed E-state index contributed by atoms with van der Waals surface area (Å²) in [6.45, 7) is 5.08. The highest BCUT2D eigenvalue weighted by molar-refractivity contribution is 5.83. The molecule has 0 aliphatic carbocycles. The Kier molecular flexibility index (Phi) is 4.39. The second-order valence-electron chi connectivity index (χ2n) is 5.83. The Morgan fingerprint density at radius 2 is 2.22 bits per heavy atom. The lowest BCUT2D eigenvalue weighted by molar-refractivity contribution is 0.400. The minimum atomic E-state index is 0.143. The highest BCUT2D eigenvalue weighted by atomic mass is 16.5. The fraction of sp³-hybridized carbons (Fsp3) is 0.389. The number of fused-ring (bicyclic) bond motifs is 1. The maximum absolute atomic E-state index is 5.98. The largest absolute Gasteiger partial charge is 0.493 e. The van der Waals surface area contributed by atoms with E-state index in [1.165, 1.54) is 11.3 Å². The fourth-order valence-electron chi connectivity index (χ4n) is 2.74. The van der Waals surface area contributed by atoms with Crippen molar-refractivity contribution in [2.24, 2.45) is 7.05 Å². The van der Waals surface area contributed by atoms with E-state index < -0.39 is 0 Å². The molecule has 0 aliphatic rings. The number of aryl methyl sites for hydroxylation is 1. The molecular formula is C18H23N3O2. The van der Waals surface area contributed by atoms with Gasteiger partial charge in [0.25, 0.3) is 0 Å². The summed E-state index contributed by atoms with van der Waals surface area (Å²) >= 11 is 0. The van der Waals surface area contributed by atoms with Crippen LogP contribution in [0.15, 0.2) is 34.9 Å². The van der Waals surface area contributed by atoms with Crippen molar-refractivity contribution in [1.82, 2.24) is 15.1 Å². The van der Waals surface area contributed by atoms with Gasteiger partial charge in [0.2, 0.25) is 0 Å². The lowest BCUT2D eigenvalue weighted by Gasteiger charge is -2.11. The zero-order chi connectivity index (χ0) is 16.4. The Labute approximate surface area is 136 Å². The number of benzene rings is 1. The van der Waals surface area contributed by atoms with Gasteiger partial charge in [-0.15, -0.1) is 0 Å². The molecule has 0 amide bonds. The zero-order valence-electron chi connectivity index (χ0n) is 14.1. The Balaban J connectivity index is 1.66. The highest BCUT2D eigenvalue weighted by Crippen LogP contribution is 2.30. The summed E-state index contributed by atoms with van der Waals surface area (Å²) in [7, 11) is 3.63. The summed E-state index contributed by atoms with van der Waals surface area (Å²) in [6.07, 6.45) is 2.89. The first-order chi connectivity index (χ1) is 11.1. The van der Waals surface area contributed by atoms with E-state index in [0.717, 1.165) is 35.4 Å². The summed E-state index contributed by atoms with van der Waals surface area (Å²) in [5.41, 5.74) is 3.30. The second-order valence-corrected chi connectivity index (χ2v) is 5.83. The van der Waals surface area contributed by atoms with Crippen LogP contribution in [0.5, 0.6) is 5.75 Å². The average molecular weight is 313 g/mol. The molecule has 0 bridgehead atoms. The van der Waals surface area contributed by atoms with Crippen LogP contribution >= 0.6 is 0 Å². The van der Waals surface area contributed by atoms with Gasteiger partial charge in [-0.05, 0) is 44.5 Å². The van der Waals surface area contributed by atoms with Gasteiger partial charge in [-0.1, -0.05) is 12.1 Å². The molecule has 3 rings (SSSR count). The molecule has 0 fully saturated rings. The minimum Gasteiger partial charge on any atom is -0.493 e. The van der Waals surface area contributed by atoms with Crippen molar-refractivity contribution >= 4 is 11.0 Å². The molecule has 2 heterocycles. The molecule has 1 N–H and O–H groups in total. The predicted octanol–water partition coefficient (Wildman–Crippen LogP) is 3.38. The Morgan fingerprint density at radius 3 is 2.91 bits per heavy atom. The van der Waals surface area contributed by atoms with Crippen LogP contribution < -0.4 is 10.1 Å². The number of nitrogens with one attached hydrogen (secondary N) is 1. The van der Waals surface area contributed by atoms with E-state index in [0.29, 0.717) is 0 Å². The maximum Gasteiger partial charge on any atom is 0.176 e. The monoisotopic (exact) mass is 313 g/mol. The quantitative estimate of drug-likeness (QED) is 0.758. The van der Waals surface area contributed by atoms with E-state index in [4.69, 9.17) is 9.15 Å². The molecule has 0 unspecified atom stereocenters. The number of para-hydroxylation sites is 1. The van der Waals surface area contributed by atoms with E-state index in [1.807, 2.05) is 36.1 Å². The molecule has 1 aromatic carbocycles. The number of furan rings is 1. The van der Waals surface area contributed by atoms with Crippen molar-refractivity contribution < 1.29 is 9.15 Å². The average Bonchev–Trinajstić information content (AvgIpc) is 3.12. The van der Waals surface area contributed by atoms with Crippen LogP contribution in [0.2, 0.25) is 0 Å². The number of aromatic nitrogens is 2. The standard InChI is InChI=1S/C18H23N3O2/c1-12(19-9-8-15-11-20-21(3)13(15)2)17-10-14-6-5-7-16(22-4)18(14)23-17/h5-7,10-12,19H,8-9H2,1-4H3/t12-/m1/s1. The van der Waals surface area contributed by atoms with E-state index >= 15 is 0 Å². The Morgan fingerprint density at radius 1 is 1.39 bits per heavy atom. The molecule has 0 spiro atoms. The molecule has 122 valence electrons. The molecule has 23 heavy (non-hydrogen) atoms. The number of methoxy groups -OCH3 is 1. The second kappa shape index (κ2) is 6.46. The first kappa shape index (κ1) is 15.6. The van der Waals surface area contributed by atoms with Gasteiger partial charge in [-0.25, -0.2) is 0 Å². The minimum absolute atomic E-state index is 0.143. The molecule has 2 aromatic heterocycles. The number of hydrogen-bond acceptors (Lipinski definition) is 4. The predicted molar refractivity (Wildman–Crippen MR) is 90.8 cm³/mol. The zero-order valence-corrected chi connectivity index (χ0v) is 14.1. The first-order valence-corrected chi connectivity index (χ1v) is 7.87. The smallest absolute Gasteiger partial charge is 0.176 e. The number of ether oxygens (including phenoxy) is 1. The van der Waals surface area contributed by atoms with Crippen molar-refractivity contribution in [3.8, 4) is 5.75 Å². The summed E-state index contributed by atoms with van der Waals surface area (Å²) < 4.78 is 13.2. The van der Waals surface area contributed by atoms with Crippen LogP contribution in [0.4, 0.5) is 0 Å². The highest BCUT2D eigenvalue weighted by Gasteiger charge is 2.14. The molecule has 5 heteroatoms. The molecule has 0 saturated heterocycles.